The van der Waals surface area contributed by atoms with Crippen LogP contribution in [0.4, 0.5) is 5.69 Å². The summed E-state index contributed by atoms with van der Waals surface area (Å²) in [4.78, 5) is 8.27. The summed E-state index contributed by atoms with van der Waals surface area (Å²) in [6.07, 6.45) is 9.32. The number of H-pyrrole nitrogens is 1. The fourth-order valence-corrected chi connectivity index (χ4v) is 4.07. The van der Waals surface area contributed by atoms with Crippen molar-refractivity contribution in [2.75, 3.05) is 0 Å². The quantitative estimate of drug-likeness (QED) is 0.558. The number of nitrogens with one attached hydrogen (secondary N) is 1. The van der Waals surface area contributed by atoms with E-state index in [4.69, 9.17) is 4.99 Å². The van der Waals surface area contributed by atoms with Gasteiger partial charge in [0.2, 0.25) is 0 Å². The van der Waals surface area contributed by atoms with Crippen molar-refractivity contribution in [1.82, 2.24) is 4.98 Å². The zero-order valence-corrected chi connectivity index (χ0v) is 14.5. The van der Waals surface area contributed by atoms with Gasteiger partial charge in [-0.1, -0.05) is 48.7 Å². The number of aliphatic imine (C=N–C) groups is 1. The smallest absolute Gasteiger partial charge is 0.0694 e. The Hall–Kier alpha value is -2.35. The second kappa shape index (κ2) is 6.27. The first-order valence-electron chi connectivity index (χ1n) is 8.94. The lowest BCUT2D eigenvalue weighted by atomic mass is 9.92. The van der Waals surface area contributed by atoms with E-state index in [9.17, 15) is 0 Å². The predicted octanol–water partition coefficient (Wildman–Crippen LogP) is 6.19. The van der Waals surface area contributed by atoms with Crippen LogP contribution in [-0.2, 0) is 0 Å². The number of benzene rings is 2. The first-order chi connectivity index (χ1) is 11.7. The van der Waals surface area contributed by atoms with Gasteiger partial charge in [-0.2, -0.15) is 0 Å². The predicted molar refractivity (Wildman–Crippen MR) is 103 cm³/mol. The molecule has 1 aliphatic rings. The lowest BCUT2D eigenvalue weighted by molar-refractivity contribution is 0.722. The second-order valence-electron chi connectivity index (χ2n) is 7.05. The third kappa shape index (κ3) is 2.77. The minimum Gasteiger partial charge on any atom is -0.361 e. The minimum atomic E-state index is 0.678. The Kier molecular flexibility index (Phi) is 3.97. The van der Waals surface area contributed by atoms with Gasteiger partial charge in [-0.25, -0.2) is 0 Å². The molecule has 1 saturated carbocycles. The molecule has 4 rings (SSSR count). The molecular weight excluding hydrogens is 292 g/mol. The van der Waals surface area contributed by atoms with E-state index in [-0.39, 0.29) is 0 Å². The second-order valence-corrected chi connectivity index (χ2v) is 7.05. The topological polar surface area (TPSA) is 28.1 Å². The Morgan fingerprint density at radius 1 is 1.08 bits per heavy atom. The summed E-state index contributed by atoms with van der Waals surface area (Å²) in [5.41, 5.74) is 7.56. The molecule has 3 aromatic rings. The van der Waals surface area contributed by atoms with Crippen molar-refractivity contribution < 1.29 is 0 Å². The van der Waals surface area contributed by atoms with Crippen molar-refractivity contribution in [2.45, 2.75) is 45.4 Å². The lowest BCUT2D eigenvalue weighted by Gasteiger charge is -2.16. The molecule has 1 fully saturated rings. The van der Waals surface area contributed by atoms with E-state index in [0.717, 1.165) is 11.1 Å². The summed E-state index contributed by atoms with van der Waals surface area (Å²) in [6.45, 7) is 4.38. The highest BCUT2D eigenvalue weighted by atomic mass is 14.7. The number of hydrogen-bond acceptors (Lipinski definition) is 1. The number of hydrogen-bond donors (Lipinski definition) is 1. The molecule has 2 aromatic carbocycles. The first-order valence-corrected chi connectivity index (χ1v) is 8.94. The van der Waals surface area contributed by atoms with Gasteiger partial charge in [0.15, 0.2) is 0 Å². The average molecular weight is 316 g/mol. The molecule has 0 aliphatic heterocycles. The minimum absolute atomic E-state index is 0.678. The molecule has 122 valence electrons. The van der Waals surface area contributed by atoms with Crippen LogP contribution in [0.25, 0.3) is 10.9 Å². The molecule has 0 saturated heterocycles. The van der Waals surface area contributed by atoms with E-state index < -0.39 is 0 Å². The van der Waals surface area contributed by atoms with Crippen molar-refractivity contribution in [3.05, 3.63) is 64.8 Å². The zero-order chi connectivity index (χ0) is 16.5. The number of aryl methyl sites for hydroxylation is 2. The number of aromatic nitrogens is 1. The van der Waals surface area contributed by atoms with Crippen LogP contribution < -0.4 is 0 Å². The Morgan fingerprint density at radius 2 is 1.92 bits per heavy atom. The summed E-state index contributed by atoms with van der Waals surface area (Å²) in [5, 5.41) is 1.23. The van der Waals surface area contributed by atoms with Crippen LogP contribution in [-0.4, -0.2) is 11.2 Å². The molecule has 1 N–H and O–H groups in total. The van der Waals surface area contributed by atoms with Gasteiger partial charge in [-0.05, 0) is 49.8 Å². The van der Waals surface area contributed by atoms with Crippen LogP contribution in [0.1, 0.15) is 53.9 Å². The molecule has 0 unspecified atom stereocenters. The van der Waals surface area contributed by atoms with E-state index >= 15 is 0 Å². The largest absolute Gasteiger partial charge is 0.361 e. The maximum Gasteiger partial charge on any atom is 0.0694 e. The van der Waals surface area contributed by atoms with Gasteiger partial charge < -0.3 is 4.98 Å². The van der Waals surface area contributed by atoms with Crippen LogP contribution in [0, 0.1) is 13.8 Å². The van der Waals surface area contributed by atoms with Crippen LogP contribution >= 0.6 is 0 Å². The molecule has 1 aliphatic carbocycles. The Labute approximate surface area is 143 Å². The summed E-state index contributed by atoms with van der Waals surface area (Å²) in [7, 11) is 0. The molecule has 0 amide bonds. The highest BCUT2D eigenvalue weighted by Crippen LogP contribution is 2.40. The van der Waals surface area contributed by atoms with Gasteiger partial charge in [0.25, 0.3) is 0 Å². The number of nitrogens with zero attached hydrogens (tertiary/aromatic N) is 1. The summed E-state index contributed by atoms with van der Waals surface area (Å²) in [6, 6.07) is 13.1. The highest BCUT2D eigenvalue weighted by molar-refractivity contribution is 5.98. The third-order valence-electron chi connectivity index (χ3n) is 5.22. The van der Waals surface area contributed by atoms with Crippen LogP contribution in [0.15, 0.2) is 47.6 Å². The molecule has 0 spiro atoms. The van der Waals surface area contributed by atoms with E-state index in [1.54, 1.807) is 0 Å². The fraction of sp³-hybridized carbons (Fsp3) is 0.318. The number of rotatable bonds is 3. The van der Waals surface area contributed by atoms with Gasteiger partial charge in [0, 0.05) is 23.4 Å². The third-order valence-corrected chi connectivity index (χ3v) is 5.22. The maximum absolute atomic E-state index is 4.95. The van der Waals surface area contributed by atoms with Gasteiger partial charge in [-0.15, -0.1) is 0 Å². The van der Waals surface area contributed by atoms with Crippen molar-refractivity contribution in [2.24, 2.45) is 4.99 Å². The maximum atomic E-state index is 4.95. The summed E-state index contributed by atoms with van der Waals surface area (Å²) >= 11 is 0. The van der Waals surface area contributed by atoms with E-state index in [2.05, 4.69) is 55.2 Å². The Balaban J connectivity index is 1.77. The van der Waals surface area contributed by atoms with Crippen molar-refractivity contribution in [1.29, 1.82) is 0 Å². The molecule has 1 aromatic heterocycles. The van der Waals surface area contributed by atoms with Gasteiger partial charge in [0.05, 0.1) is 11.2 Å². The normalized spacial score (nSPS) is 15.8. The van der Waals surface area contributed by atoms with E-state index in [0.29, 0.717) is 5.92 Å². The number of fused-ring (bicyclic) bond motifs is 1. The van der Waals surface area contributed by atoms with Gasteiger partial charge >= 0.3 is 0 Å². The number of para-hydroxylation sites is 1. The molecule has 2 heteroatoms. The zero-order valence-electron chi connectivity index (χ0n) is 14.5. The summed E-state index contributed by atoms with van der Waals surface area (Å²) < 4.78 is 0. The van der Waals surface area contributed by atoms with Crippen LogP contribution in [0.5, 0.6) is 0 Å². The standard InChI is InChI=1S/C22H24N2/c1-15-12-16(2)21(20(13-15)17-6-3-4-7-17)24-14-19-9-5-8-18-10-11-23-22(18)19/h5,8-14,17,23H,3-4,6-7H2,1-2H3. The fourth-order valence-electron chi connectivity index (χ4n) is 4.07. The molecule has 24 heavy (non-hydrogen) atoms. The molecule has 2 nitrogen and oxygen atoms in total. The van der Waals surface area contributed by atoms with E-state index in [1.165, 1.54) is 53.4 Å². The van der Waals surface area contributed by atoms with Crippen molar-refractivity contribution in [3.63, 3.8) is 0 Å². The SMILES string of the molecule is Cc1cc(C)c(N=Cc2cccc3cc[nH]c23)c(C2CCCC2)c1. The average Bonchev–Trinajstić information content (AvgIpc) is 3.25. The molecule has 0 bridgehead atoms. The lowest BCUT2D eigenvalue weighted by Crippen LogP contribution is -1.96. The molecule has 0 atom stereocenters. The van der Waals surface area contributed by atoms with Crippen LogP contribution in [0.3, 0.4) is 0 Å². The van der Waals surface area contributed by atoms with Gasteiger partial charge in [-0.3, -0.25) is 4.99 Å². The van der Waals surface area contributed by atoms with Crippen molar-refractivity contribution >= 4 is 22.8 Å². The van der Waals surface area contributed by atoms with E-state index in [1.807, 2.05) is 12.4 Å². The Bertz CT molecular complexity index is 895. The van der Waals surface area contributed by atoms with Crippen molar-refractivity contribution in [3.8, 4) is 0 Å². The van der Waals surface area contributed by atoms with Crippen LogP contribution in [0.2, 0.25) is 0 Å². The first kappa shape index (κ1) is 15.2. The highest BCUT2D eigenvalue weighted by Gasteiger charge is 2.21. The Morgan fingerprint density at radius 3 is 2.75 bits per heavy atom. The molecule has 0 radical (unpaired) electrons. The summed E-state index contributed by atoms with van der Waals surface area (Å²) in [5.74, 6) is 0.678. The molecule has 1 heterocycles. The van der Waals surface area contributed by atoms with Gasteiger partial charge in [0.1, 0.15) is 0 Å². The monoisotopic (exact) mass is 316 g/mol. The number of aromatic amines is 1. The molecular formula is C22H24N2.